The number of nitro groups is 1. The molecule has 8 heteroatoms. The summed E-state index contributed by atoms with van der Waals surface area (Å²) in [5, 5.41) is 13.6. The second-order valence-electron chi connectivity index (χ2n) is 5.32. The predicted octanol–water partition coefficient (Wildman–Crippen LogP) is 4.09. The summed E-state index contributed by atoms with van der Waals surface area (Å²) in [6.45, 7) is 0. The molecule has 1 N–H and O–H groups in total. The number of nitrogens with one attached hydrogen (secondary N) is 1. The molecule has 0 aromatic heterocycles. The van der Waals surface area contributed by atoms with Gasteiger partial charge in [-0.1, -0.05) is 17.2 Å². The van der Waals surface area contributed by atoms with Gasteiger partial charge in [-0.15, -0.1) is 11.8 Å². The second-order valence-corrected chi connectivity index (χ2v) is 6.80. The Morgan fingerprint density at radius 3 is 2.83 bits per heavy atom. The van der Waals surface area contributed by atoms with Crippen molar-refractivity contribution in [2.24, 2.45) is 0 Å². The highest BCUT2D eigenvalue weighted by atomic mass is 35.5. The molecule has 128 valence electrons. The van der Waals surface area contributed by atoms with Crippen molar-refractivity contribution in [1.29, 1.82) is 0 Å². The molecule has 1 aromatic carbocycles. The van der Waals surface area contributed by atoms with E-state index in [9.17, 15) is 19.7 Å². The van der Waals surface area contributed by atoms with Gasteiger partial charge in [0.05, 0.1) is 10.8 Å². The van der Waals surface area contributed by atoms with E-state index in [2.05, 4.69) is 5.32 Å². The van der Waals surface area contributed by atoms with Crippen LogP contribution >= 0.6 is 23.4 Å². The molecule has 0 bridgehead atoms. The molecule has 1 aliphatic carbocycles. The van der Waals surface area contributed by atoms with Crippen LogP contribution in [0.5, 0.6) is 0 Å². The Balaban J connectivity index is 1.97. The standard InChI is InChI=1S/C16H17ClN2O4S/c17-13-6-5-12(9-14(13)19(22)23)16(21)18-10-24-15-4-2-1-3-11(15)7-8-20/h5-6,8-9H,1-4,7,10H2,(H,18,21). The van der Waals surface area contributed by atoms with E-state index in [4.69, 9.17) is 11.6 Å². The van der Waals surface area contributed by atoms with Crippen molar-refractivity contribution in [3.05, 3.63) is 49.4 Å². The first kappa shape index (κ1) is 18.5. The molecule has 6 nitrogen and oxygen atoms in total. The smallest absolute Gasteiger partial charge is 0.288 e. The van der Waals surface area contributed by atoms with Crippen molar-refractivity contribution in [2.45, 2.75) is 32.1 Å². The number of allylic oxidation sites excluding steroid dienone is 2. The lowest BCUT2D eigenvalue weighted by atomic mass is 9.97. The lowest BCUT2D eigenvalue weighted by molar-refractivity contribution is -0.384. The molecule has 1 amide bonds. The molecule has 0 heterocycles. The minimum Gasteiger partial charge on any atom is -0.343 e. The Labute approximate surface area is 148 Å². The molecule has 0 radical (unpaired) electrons. The van der Waals surface area contributed by atoms with Crippen molar-refractivity contribution >= 4 is 41.2 Å². The number of nitro benzene ring substituents is 1. The third kappa shape index (κ3) is 4.82. The van der Waals surface area contributed by atoms with E-state index in [1.807, 2.05) is 0 Å². The number of rotatable bonds is 7. The predicted molar refractivity (Wildman–Crippen MR) is 94.2 cm³/mol. The number of carbonyl (C=O) groups excluding carboxylic acids is 2. The van der Waals surface area contributed by atoms with Gasteiger partial charge in [-0.2, -0.15) is 0 Å². The lowest BCUT2D eigenvalue weighted by Crippen LogP contribution is -2.23. The van der Waals surface area contributed by atoms with Crippen molar-refractivity contribution in [3.8, 4) is 0 Å². The van der Waals surface area contributed by atoms with E-state index >= 15 is 0 Å². The molecule has 0 atom stereocenters. The Hall–Kier alpha value is -1.86. The summed E-state index contributed by atoms with van der Waals surface area (Å²) in [6, 6.07) is 3.96. The average Bonchev–Trinajstić information content (AvgIpc) is 2.56. The fourth-order valence-corrected chi connectivity index (χ4v) is 3.76. The number of nitrogens with zero attached hydrogens (tertiary/aromatic N) is 1. The van der Waals surface area contributed by atoms with E-state index in [0.717, 1.165) is 42.4 Å². The van der Waals surface area contributed by atoms with Crippen LogP contribution in [0.3, 0.4) is 0 Å². The number of halogens is 1. The zero-order chi connectivity index (χ0) is 17.5. The molecule has 0 aliphatic heterocycles. The van der Waals surface area contributed by atoms with Crippen LogP contribution in [0.25, 0.3) is 0 Å². The van der Waals surface area contributed by atoms with E-state index < -0.39 is 10.8 Å². The number of carbonyl (C=O) groups is 2. The SMILES string of the molecule is O=CCC1=C(SCNC(=O)c2ccc(Cl)c([N+](=O)[O-])c2)CCCC1. The highest BCUT2D eigenvalue weighted by molar-refractivity contribution is 8.03. The number of hydrogen-bond donors (Lipinski definition) is 1. The molecule has 0 fully saturated rings. The molecule has 0 saturated heterocycles. The maximum Gasteiger partial charge on any atom is 0.288 e. The summed E-state index contributed by atoms with van der Waals surface area (Å²) in [4.78, 5) is 34.2. The Kier molecular flexibility index (Phi) is 6.81. The molecule has 1 aliphatic rings. The van der Waals surface area contributed by atoms with Crippen LogP contribution < -0.4 is 5.32 Å². The lowest BCUT2D eigenvalue weighted by Gasteiger charge is -2.18. The minimum atomic E-state index is -0.619. The molecular formula is C16H17ClN2O4S. The topological polar surface area (TPSA) is 89.3 Å². The second kappa shape index (κ2) is 8.84. The average molecular weight is 369 g/mol. The third-order valence-corrected chi connectivity index (χ3v) is 5.19. The van der Waals surface area contributed by atoms with Gasteiger partial charge in [0.1, 0.15) is 11.3 Å². The molecule has 24 heavy (non-hydrogen) atoms. The van der Waals surface area contributed by atoms with Crippen LogP contribution in [0.15, 0.2) is 28.7 Å². The van der Waals surface area contributed by atoms with Crippen LogP contribution in [-0.4, -0.2) is 23.0 Å². The third-order valence-electron chi connectivity index (χ3n) is 3.74. The summed E-state index contributed by atoms with van der Waals surface area (Å²) in [5.41, 5.74) is 1.05. The molecule has 2 rings (SSSR count). The molecular weight excluding hydrogens is 352 g/mol. The number of benzene rings is 1. The van der Waals surface area contributed by atoms with Crippen molar-refractivity contribution in [3.63, 3.8) is 0 Å². The minimum absolute atomic E-state index is 0.00297. The maximum atomic E-state index is 12.1. The van der Waals surface area contributed by atoms with Gasteiger partial charge in [-0.25, -0.2) is 0 Å². The van der Waals surface area contributed by atoms with Crippen molar-refractivity contribution < 1.29 is 14.5 Å². The Morgan fingerprint density at radius 1 is 1.38 bits per heavy atom. The van der Waals surface area contributed by atoms with Crippen LogP contribution in [0.2, 0.25) is 5.02 Å². The van der Waals surface area contributed by atoms with Gasteiger partial charge in [0.2, 0.25) is 0 Å². The molecule has 0 saturated carbocycles. The van der Waals surface area contributed by atoms with Gasteiger partial charge in [0.25, 0.3) is 11.6 Å². The van der Waals surface area contributed by atoms with Crippen LogP contribution in [-0.2, 0) is 4.79 Å². The fourth-order valence-electron chi connectivity index (χ4n) is 2.52. The summed E-state index contributed by atoms with van der Waals surface area (Å²) in [7, 11) is 0. The number of thioether (sulfide) groups is 1. The number of hydrogen-bond acceptors (Lipinski definition) is 5. The summed E-state index contributed by atoms with van der Waals surface area (Å²) < 4.78 is 0. The van der Waals surface area contributed by atoms with E-state index in [0.29, 0.717) is 12.3 Å². The quantitative estimate of drug-likeness (QED) is 0.339. The van der Waals surface area contributed by atoms with Gasteiger partial charge in [0.15, 0.2) is 0 Å². The Morgan fingerprint density at radius 2 is 2.12 bits per heavy atom. The van der Waals surface area contributed by atoms with Crippen LogP contribution in [0.4, 0.5) is 5.69 Å². The first-order valence-electron chi connectivity index (χ1n) is 7.52. The first-order chi connectivity index (χ1) is 11.5. The van der Waals surface area contributed by atoms with Crippen LogP contribution in [0.1, 0.15) is 42.5 Å². The molecule has 1 aromatic rings. The van der Waals surface area contributed by atoms with Gasteiger partial charge in [0, 0.05) is 18.1 Å². The summed E-state index contributed by atoms with van der Waals surface area (Å²) in [6.07, 6.45) is 5.39. The van der Waals surface area contributed by atoms with Gasteiger partial charge < -0.3 is 10.1 Å². The fraction of sp³-hybridized carbons (Fsp3) is 0.375. The normalized spacial score (nSPS) is 14.4. The van der Waals surface area contributed by atoms with Gasteiger partial charge in [-0.3, -0.25) is 14.9 Å². The monoisotopic (exact) mass is 368 g/mol. The highest BCUT2D eigenvalue weighted by Gasteiger charge is 2.17. The largest absolute Gasteiger partial charge is 0.343 e. The summed E-state index contributed by atoms with van der Waals surface area (Å²) >= 11 is 7.25. The number of aldehydes is 1. The molecule has 0 spiro atoms. The summed E-state index contributed by atoms with van der Waals surface area (Å²) in [5.74, 6) is -0.0388. The zero-order valence-electron chi connectivity index (χ0n) is 12.9. The first-order valence-corrected chi connectivity index (χ1v) is 8.88. The van der Waals surface area contributed by atoms with Gasteiger partial charge >= 0.3 is 0 Å². The van der Waals surface area contributed by atoms with E-state index in [1.165, 1.54) is 30.0 Å². The maximum absolute atomic E-state index is 12.1. The van der Waals surface area contributed by atoms with Crippen molar-refractivity contribution in [1.82, 2.24) is 5.32 Å². The highest BCUT2D eigenvalue weighted by Crippen LogP contribution is 2.33. The van der Waals surface area contributed by atoms with E-state index in [-0.39, 0.29) is 16.3 Å². The van der Waals surface area contributed by atoms with Gasteiger partial charge in [-0.05, 0) is 42.7 Å². The van der Waals surface area contributed by atoms with Crippen LogP contribution in [0, 0.1) is 10.1 Å². The van der Waals surface area contributed by atoms with Crippen molar-refractivity contribution in [2.75, 3.05) is 5.88 Å². The Bertz CT molecular complexity index is 691. The molecule has 0 unspecified atom stereocenters. The van der Waals surface area contributed by atoms with E-state index in [1.54, 1.807) is 0 Å². The zero-order valence-corrected chi connectivity index (χ0v) is 14.5. The number of amides is 1.